The van der Waals surface area contributed by atoms with Gasteiger partial charge in [-0.15, -0.1) is 11.3 Å². The second kappa shape index (κ2) is 8.38. The van der Waals surface area contributed by atoms with Gasteiger partial charge in [-0.05, 0) is 45.0 Å². The summed E-state index contributed by atoms with van der Waals surface area (Å²) < 4.78 is 1.99. The highest BCUT2D eigenvalue weighted by molar-refractivity contribution is 7.12. The minimum atomic E-state index is 0.719. The van der Waals surface area contributed by atoms with Gasteiger partial charge in [-0.2, -0.15) is 5.10 Å². The molecule has 0 radical (unpaired) electrons. The van der Waals surface area contributed by atoms with Gasteiger partial charge in [0.2, 0.25) is 5.13 Å². The number of rotatable bonds is 4. The number of aromatic nitrogens is 3. The minimum absolute atomic E-state index is 0.719. The Bertz CT molecular complexity index is 1410. The van der Waals surface area contributed by atoms with Crippen molar-refractivity contribution in [3.8, 4) is 38.9 Å². The van der Waals surface area contributed by atoms with E-state index in [2.05, 4.69) is 74.7 Å². The molecule has 0 fully saturated rings. The van der Waals surface area contributed by atoms with Crippen LogP contribution in [0.3, 0.4) is 0 Å². The standard InChI is InChI=1S/C27H22ClN3S/c1-17-6-4-8-21(14-17)25-19(3)26(22-9-5-7-18(2)15-22)31(30-25)27-29-24(16-32-27)20-10-12-23(28)13-11-20/h4-16H,1-3H3. The summed E-state index contributed by atoms with van der Waals surface area (Å²) in [4.78, 5) is 4.93. The second-order valence-corrected chi connectivity index (χ2v) is 9.27. The average molecular weight is 456 g/mol. The molecule has 0 aliphatic carbocycles. The van der Waals surface area contributed by atoms with Crippen LogP contribution in [0.1, 0.15) is 16.7 Å². The number of hydrogen-bond acceptors (Lipinski definition) is 3. The summed E-state index contributed by atoms with van der Waals surface area (Å²) in [5, 5.41) is 8.69. The summed E-state index contributed by atoms with van der Waals surface area (Å²) in [6.07, 6.45) is 0. The molecular formula is C27H22ClN3S. The van der Waals surface area contributed by atoms with Crippen molar-refractivity contribution in [2.75, 3.05) is 0 Å². The molecule has 5 heteroatoms. The van der Waals surface area contributed by atoms with Crippen LogP contribution in [0, 0.1) is 20.8 Å². The molecule has 32 heavy (non-hydrogen) atoms. The van der Waals surface area contributed by atoms with Crippen LogP contribution in [0.4, 0.5) is 0 Å². The molecule has 3 nitrogen and oxygen atoms in total. The summed E-state index contributed by atoms with van der Waals surface area (Å²) in [7, 11) is 0. The second-order valence-electron chi connectivity index (χ2n) is 8.00. The third-order valence-corrected chi connectivity index (χ3v) is 6.59. The lowest BCUT2D eigenvalue weighted by atomic mass is 10.0. The van der Waals surface area contributed by atoms with Gasteiger partial charge in [-0.3, -0.25) is 0 Å². The molecule has 0 N–H and O–H groups in total. The summed E-state index contributed by atoms with van der Waals surface area (Å²) in [6, 6.07) is 24.8. The van der Waals surface area contributed by atoms with Crippen molar-refractivity contribution in [2.24, 2.45) is 0 Å². The lowest BCUT2D eigenvalue weighted by Crippen LogP contribution is -1.99. The number of nitrogens with zero attached hydrogens (tertiary/aromatic N) is 3. The fourth-order valence-electron chi connectivity index (χ4n) is 3.95. The predicted octanol–water partition coefficient (Wildman–Crippen LogP) is 7.91. The SMILES string of the molecule is Cc1cccc(-c2nn(-c3nc(-c4ccc(Cl)cc4)cs3)c(-c3cccc(C)c3)c2C)c1. The van der Waals surface area contributed by atoms with Crippen molar-refractivity contribution in [3.63, 3.8) is 0 Å². The van der Waals surface area contributed by atoms with Gasteiger partial charge in [0.1, 0.15) is 0 Å². The first-order chi connectivity index (χ1) is 15.5. The molecule has 5 aromatic rings. The van der Waals surface area contributed by atoms with E-state index in [1.807, 2.05) is 28.9 Å². The summed E-state index contributed by atoms with van der Waals surface area (Å²) >= 11 is 7.65. The quantitative estimate of drug-likeness (QED) is 0.275. The van der Waals surface area contributed by atoms with Gasteiger partial charge in [0, 0.05) is 32.7 Å². The molecule has 5 rings (SSSR count). The fraction of sp³-hybridized carbons (Fsp3) is 0.111. The Balaban J connectivity index is 1.69. The van der Waals surface area contributed by atoms with Crippen LogP contribution in [0.2, 0.25) is 5.02 Å². The first-order valence-electron chi connectivity index (χ1n) is 10.4. The monoisotopic (exact) mass is 455 g/mol. The number of thiazole rings is 1. The lowest BCUT2D eigenvalue weighted by molar-refractivity contribution is 0.881. The van der Waals surface area contributed by atoms with Crippen molar-refractivity contribution in [1.82, 2.24) is 14.8 Å². The van der Waals surface area contributed by atoms with Crippen LogP contribution in [-0.4, -0.2) is 14.8 Å². The number of benzene rings is 3. The molecule has 0 atom stereocenters. The van der Waals surface area contributed by atoms with E-state index < -0.39 is 0 Å². The largest absolute Gasteiger partial charge is 0.218 e. The van der Waals surface area contributed by atoms with Crippen molar-refractivity contribution >= 4 is 22.9 Å². The highest BCUT2D eigenvalue weighted by Crippen LogP contribution is 2.36. The number of halogens is 1. The van der Waals surface area contributed by atoms with Crippen molar-refractivity contribution in [1.29, 1.82) is 0 Å². The average Bonchev–Trinajstić information content (AvgIpc) is 3.39. The molecule has 0 unspecified atom stereocenters. The van der Waals surface area contributed by atoms with Gasteiger partial charge in [0.25, 0.3) is 0 Å². The number of hydrogen-bond donors (Lipinski definition) is 0. The van der Waals surface area contributed by atoms with E-state index >= 15 is 0 Å². The molecule has 0 saturated heterocycles. The molecule has 158 valence electrons. The molecule has 0 spiro atoms. The summed E-state index contributed by atoms with van der Waals surface area (Å²) in [5.41, 5.74) is 9.83. The number of aryl methyl sites for hydroxylation is 2. The molecule has 0 amide bonds. The lowest BCUT2D eigenvalue weighted by Gasteiger charge is -2.07. The zero-order valence-corrected chi connectivity index (χ0v) is 19.7. The van der Waals surface area contributed by atoms with Crippen molar-refractivity contribution < 1.29 is 0 Å². The Hall–Kier alpha value is -3.21. The molecular weight excluding hydrogens is 434 g/mol. The highest BCUT2D eigenvalue weighted by Gasteiger charge is 2.21. The zero-order valence-electron chi connectivity index (χ0n) is 18.1. The smallest absolute Gasteiger partial charge is 0.211 e. The van der Waals surface area contributed by atoms with Gasteiger partial charge in [-0.25, -0.2) is 9.67 Å². The first kappa shape index (κ1) is 20.7. The van der Waals surface area contributed by atoms with Gasteiger partial charge in [0.05, 0.1) is 17.1 Å². The van der Waals surface area contributed by atoms with Crippen LogP contribution < -0.4 is 0 Å². The van der Waals surface area contributed by atoms with E-state index in [4.69, 9.17) is 21.7 Å². The first-order valence-corrected chi connectivity index (χ1v) is 11.7. The van der Waals surface area contributed by atoms with Gasteiger partial charge >= 0.3 is 0 Å². The molecule has 2 aromatic heterocycles. The van der Waals surface area contributed by atoms with E-state index in [0.29, 0.717) is 0 Å². The molecule has 0 saturated carbocycles. The predicted molar refractivity (Wildman–Crippen MR) is 135 cm³/mol. The van der Waals surface area contributed by atoms with Crippen LogP contribution in [-0.2, 0) is 0 Å². The highest BCUT2D eigenvalue weighted by atomic mass is 35.5. The summed E-state index contributed by atoms with van der Waals surface area (Å²) in [6.45, 7) is 6.37. The van der Waals surface area contributed by atoms with E-state index in [9.17, 15) is 0 Å². The maximum absolute atomic E-state index is 6.06. The molecule has 2 heterocycles. The zero-order chi connectivity index (χ0) is 22.2. The Morgan fingerprint density at radius 1 is 0.781 bits per heavy atom. The third kappa shape index (κ3) is 3.88. The van der Waals surface area contributed by atoms with Gasteiger partial charge < -0.3 is 0 Å². The fourth-order valence-corrected chi connectivity index (χ4v) is 4.86. The molecule has 3 aromatic carbocycles. The van der Waals surface area contributed by atoms with Crippen molar-refractivity contribution in [2.45, 2.75) is 20.8 Å². The van der Waals surface area contributed by atoms with Crippen LogP contribution in [0.5, 0.6) is 0 Å². The van der Waals surface area contributed by atoms with Crippen LogP contribution in [0.15, 0.2) is 78.2 Å². The maximum atomic E-state index is 6.06. The summed E-state index contributed by atoms with van der Waals surface area (Å²) in [5.74, 6) is 0. The Labute approximate surface area is 197 Å². The minimum Gasteiger partial charge on any atom is -0.218 e. The van der Waals surface area contributed by atoms with Crippen molar-refractivity contribution in [3.05, 3.63) is 99.9 Å². The van der Waals surface area contributed by atoms with E-state index in [1.54, 1.807) is 11.3 Å². The normalized spacial score (nSPS) is 11.1. The topological polar surface area (TPSA) is 30.7 Å². The van der Waals surface area contributed by atoms with E-state index in [0.717, 1.165) is 49.5 Å². The van der Waals surface area contributed by atoms with Gasteiger partial charge in [-0.1, -0.05) is 71.3 Å². The Kier molecular flexibility index (Phi) is 5.41. The Morgan fingerprint density at radius 2 is 1.44 bits per heavy atom. The molecule has 0 bridgehead atoms. The van der Waals surface area contributed by atoms with Crippen LogP contribution >= 0.6 is 22.9 Å². The van der Waals surface area contributed by atoms with E-state index in [1.165, 1.54) is 11.1 Å². The third-order valence-electron chi connectivity index (χ3n) is 5.52. The van der Waals surface area contributed by atoms with Gasteiger partial charge in [0.15, 0.2) is 0 Å². The Morgan fingerprint density at radius 3 is 2.12 bits per heavy atom. The maximum Gasteiger partial charge on any atom is 0.211 e. The molecule has 0 aliphatic rings. The van der Waals surface area contributed by atoms with Crippen LogP contribution in [0.25, 0.3) is 38.9 Å². The molecule has 0 aliphatic heterocycles. The van der Waals surface area contributed by atoms with E-state index in [-0.39, 0.29) is 0 Å².